The maximum atomic E-state index is 13.7. The summed E-state index contributed by atoms with van der Waals surface area (Å²) in [6, 6.07) is 0. The van der Waals surface area contributed by atoms with Gasteiger partial charge in [0.2, 0.25) is 0 Å². The standard InChI is InChI=1S/C30H44O4.C18H30O3.C17H26O4.C17H28O3.C16H24O4.C13H22O3.12CH4/c1-5-29(2,3)28(32)33-24-14-18-13-23(24)26-21-11-17(25(18)26)12-22(21)27(31)34-30(4)19-7-15-6-16(9-19)10-20(30)8-15;1-4-17(2,3)16(19)21-12-20-11-18-8-13-5-14(9-18)7-15(6-13)10-18;1-4-17(2,3)16(19)21-9-20-15-12-6-10-5-11(8-12)14(18)13(15)7-10;1-3-12(2)16(18)20-11-19-10-17-7-13-4-14(8-17)6-15(5-13)9-17;1-3-9(2)16(18)20-8-19-15-12-5-10-4-11(7-12)14(17)13(15)6-10;1-3-9(2)13(14)16-8-15-12-7-10-4-5-11(12)6-10;;;;;;;;;;;;/h15-26H,5-14H2,1-4H3;13-15H,4-12H2,1-3H3;10-13,15H,4-9H2,1-3H3;12-15H,3-11H2,1-2H3;9-13,15H,3-8H2,1-2H3;9-12H,3-8H2,1-2H3;12*1H4. The Labute approximate surface area is 880 Å². The van der Waals surface area contributed by atoms with Gasteiger partial charge in [0.05, 0.1) is 71.4 Å². The van der Waals surface area contributed by atoms with Gasteiger partial charge in [-0.1, -0.05) is 151 Å². The Hall–Kier alpha value is -4.57. The van der Waals surface area contributed by atoms with Crippen molar-refractivity contribution in [2.24, 2.45) is 205 Å². The van der Waals surface area contributed by atoms with Crippen LogP contribution in [0, 0.1) is 205 Å². The first kappa shape index (κ1) is 132. The molecule has 26 aliphatic carbocycles. The van der Waals surface area contributed by atoms with Crippen LogP contribution in [-0.2, 0) is 100.0 Å². The molecule has 840 valence electrons. The molecule has 26 saturated carbocycles. The molecule has 0 spiro atoms. The minimum Gasteiger partial charge on any atom is -0.462 e. The number of ether oxygens (including phenoxy) is 12. The van der Waals surface area contributed by atoms with E-state index in [0.717, 1.165) is 180 Å². The lowest BCUT2D eigenvalue weighted by Gasteiger charge is -2.59. The fraction of sp³-hybridized carbons (Fsp3) is 0.927. The van der Waals surface area contributed by atoms with Crippen LogP contribution in [0.3, 0.4) is 0 Å². The van der Waals surface area contributed by atoms with E-state index < -0.39 is 16.2 Å². The molecular formula is C123H222O21. The lowest BCUT2D eigenvalue weighted by Crippen LogP contribution is -2.58. The Morgan fingerprint density at radius 3 is 1.08 bits per heavy atom. The van der Waals surface area contributed by atoms with Gasteiger partial charge < -0.3 is 56.8 Å². The zero-order valence-electron chi connectivity index (χ0n) is 84.2. The number of Topliss-reactive ketones (excluding diaryl/α,β-unsaturated/α-hetero) is 2. The average molecular weight is 2040 g/mol. The second-order valence-corrected chi connectivity index (χ2v) is 50.6. The number of rotatable bonds is 32. The summed E-state index contributed by atoms with van der Waals surface area (Å²) < 4.78 is 67.6. The van der Waals surface area contributed by atoms with Gasteiger partial charge in [-0.3, -0.25) is 43.2 Å². The predicted molar refractivity (Wildman–Crippen MR) is 579 cm³/mol. The average Bonchev–Trinajstić information content (AvgIpc) is 1.52. The fourth-order valence-corrected chi connectivity index (χ4v) is 32.8. The number of carbonyl (C=O) groups excluding carboxylic acids is 9. The lowest BCUT2D eigenvalue weighted by atomic mass is 9.50. The summed E-state index contributed by atoms with van der Waals surface area (Å²) in [6.07, 6.45) is 46.7. The molecule has 21 nitrogen and oxygen atoms in total. The molecule has 24 atom stereocenters. The van der Waals surface area contributed by atoms with Gasteiger partial charge >= 0.3 is 41.8 Å². The molecule has 0 aromatic heterocycles. The summed E-state index contributed by atoms with van der Waals surface area (Å²) >= 11 is 0. The first-order valence-electron chi connectivity index (χ1n) is 54.3. The van der Waals surface area contributed by atoms with Gasteiger partial charge in [-0.25, -0.2) is 0 Å². The predicted octanol–water partition coefficient (Wildman–Crippen LogP) is 29.8. The van der Waals surface area contributed by atoms with Crippen LogP contribution < -0.4 is 0 Å². The van der Waals surface area contributed by atoms with E-state index in [2.05, 4.69) is 13.8 Å². The molecule has 26 fully saturated rings. The van der Waals surface area contributed by atoms with Crippen LogP contribution in [-0.4, -0.2) is 131 Å². The molecular weight excluding hydrogens is 1810 g/mol. The normalized spacial score (nSPS) is 38.6. The monoisotopic (exact) mass is 2040 g/mol. The van der Waals surface area contributed by atoms with Crippen LogP contribution in [0.5, 0.6) is 0 Å². The molecule has 0 aromatic rings. The first-order valence-corrected chi connectivity index (χ1v) is 54.3. The molecule has 21 heteroatoms. The zero-order valence-corrected chi connectivity index (χ0v) is 84.2. The highest BCUT2D eigenvalue weighted by Crippen LogP contribution is 2.71. The molecule has 26 aliphatic rings. The third kappa shape index (κ3) is 28.7. The quantitative estimate of drug-likeness (QED) is 0.0199. The molecule has 0 aromatic carbocycles. The van der Waals surface area contributed by atoms with E-state index in [0.29, 0.717) is 87.7 Å². The fourth-order valence-electron chi connectivity index (χ4n) is 32.8. The molecule has 0 radical (unpaired) electrons. The topological polar surface area (TPSA) is 264 Å². The third-order valence-electron chi connectivity index (χ3n) is 40.6. The second-order valence-electron chi connectivity index (χ2n) is 50.6. The van der Waals surface area contributed by atoms with Gasteiger partial charge in [-0.05, 0) is 440 Å². The van der Waals surface area contributed by atoms with Crippen LogP contribution in [0.2, 0.25) is 0 Å². The minimum absolute atomic E-state index is 0. The van der Waals surface area contributed by atoms with E-state index in [-0.39, 0.29) is 230 Å². The van der Waals surface area contributed by atoms with Crippen molar-refractivity contribution in [1.82, 2.24) is 0 Å². The van der Waals surface area contributed by atoms with E-state index in [1.807, 2.05) is 96.9 Å². The Kier molecular flexibility index (Phi) is 50.1. The van der Waals surface area contributed by atoms with Crippen molar-refractivity contribution in [3.05, 3.63) is 0 Å². The van der Waals surface area contributed by atoms with Crippen molar-refractivity contribution in [3.8, 4) is 0 Å². The van der Waals surface area contributed by atoms with Gasteiger partial charge in [-0.2, -0.15) is 0 Å². The number of fused-ring (bicyclic) bond motifs is 11. The number of hydrogen-bond acceptors (Lipinski definition) is 21. The van der Waals surface area contributed by atoms with E-state index in [1.54, 1.807) is 0 Å². The van der Waals surface area contributed by atoms with Gasteiger partial charge in [0.25, 0.3) is 0 Å². The maximum absolute atomic E-state index is 13.7. The third-order valence-corrected chi connectivity index (χ3v) is 40.6. The lowest BCUT2D eigenvalue weighted by molar-refractivity contribution is -0.210. The zero-order chi connectivity index (χ0) is 93.8. The van der Waals surface area contributed by atoms with Gasteiger partial charge in [0, 0.05) is 23.7 Å². The van der Waals surface area contributed by atoms with Gasteiger partial charge in [-0.15, -0.1) is 0 Å². The van der Waals surface area contributed by atoms with Crippen molar-refractivity contribution < 1.29 is 100.0 Å². The van der Waals surface area contributed by atoms with E-state index in [4.69, 9.17) is 56.8 Å². The Balaban J connectivity index is 0.000000360. The number of hydrogen-bond donors (Lipinski definition) is 0. The maximum Gasteiger partial charge on any atom is 0.313 e. The molecule has 0 heterocycles. The Morgan fingerprint density at radius 1 is 0.333 bits per heavy atom. The summed E-state index contributed by atoms with van der Waals surface area (Å²) in [5.74, 6) is 17.1. The summed E-state index contributed by atoms with van der Waals surface area (Å²) in [7, 11) is 0. The number of esters is 7. The molecule has 0 amide bonds. The van der Waals surface area contributed by atoms with Crippen LogP contribution in [0.1, 0.15) is 450 Å². The molecule has 26 rings (SSSR count). The van der Waals surface area contributed by atoms with Crippen LogP contribution in [0.15, 0.2) is 0 Å². The van der Waals surface area contributed by atoms with Gasteiger partial charge in [0.1, 0.15) is 23.3 Å². The molecule has 0 aliphatic heterocycles. The summed E-state index contributed by atoms with van der Waals surface area (Å²) in [5, 5.41) is 0. The van der Waals surface area contributed by atoms with E-state index in [1.165, 1.54) is 161 Å². The molecule has 26 bridgehead atoms. The van der Waals surface area contributed by atoms with E-state index in [9.17, 15) is 43.2 Å². The van der Waals surface area contributed by atoms with Crippen LogP contribution >= 0.6 is 0 Å². The van der Waals surface area contributed by atoms with Crippen LogP contribution in [0.25, 0.3) is 0 Å². The van der Waals surface area contributed by atoms with Crippen molar-refractivity contribution in [1.29, 1.82) is 0 Å². The van der Waals surface area contributed by atoms with Crippen molar-refractivity contribution >= 4 is 53.4 Å². The molecule has 24 unspecified atom stereocenters. The summed E-state index contributed by atoms with van der Waals surface area (Å²) in [5.41, 5.74) is -0.674. The summed E-state index contributed by atoms with van der Waals surface area (Å²) in [4.78, 5) is 110. The molecule has 144 heavy (non-hydrogen) atoms. The SMILES string of the molecule is C.C.C.C.C.C.C.C.C.C.C.C.CCC(C)(C)C(=O)OC1CC2CC1C1C3CC(CC3C(=O)OC3(C)C4CC5CC(C4)CC3C5)C21.CCC(C)(C)C(=O)OCOC1C2CC3CC(C2)C(=O)C1C3.CCC(C)(C)C(=O)OCOCC12CC3CC(CC(C3)C1)C2.CCC(C)C(=O)OCOC1C2CC3CC(C2)C(=O)C1C3.CCC(C)C(=O)OCOC1CC2CCC1C2.CCC(C)C(=O)OCOCC12CC3CC(CC(C3)C1)C2. The molecule has 0 N–H and O–H groups in total. The van der Waals surface area contributed by atoms with Crippen molar-refractivity contribution in [2.45, 2.75) is 480 Å². The largest absolute Gasteiger partial charge is 0.462 e. The summed E-state index contributed by atoms with van der Waals surface area (Å²) in [6.45, 7) is 33.5. The van der Waals surface area contributed by atoms with Crippen molar-refractivity contribution in [2.75, 3.05) is 47.2 Å². The number of carbonyl (C=O) groups is 9. The highest BCUT2D eigenvalue weighted by Gasteiger charge is 2.68. The minimum atomic E-state index is -0.469. The van der Waals surface area contributed by atoms with E-state index >= 15 is 0 Å². The molecule has 0 saturated heterocycles. The Morgan fingerprint density at radius 2 is 0.688 bits per heavy atom. The second kappa shape index (κ2) is 54.8. The van der Waals surface area contributed by atoms with Gasteiger partial charge in [0.15, 0.2) is 34.0 Å². The Bertz CT molecular complexity index is 3910. The smallest absolute Gasteiger partial charge is 0.313 e. The highest BCUT2D eigenvalue weighted by atomic mass is 16.7. The highest BCUT2D eigenvalue weighted by molar-refractivity contribution is 5.87. The first-order chi connectivity index (χ1) is 62.9. The van der Waals surface area contributed by atoms with Crippen LogP contribution in [0.4, 0.5) is 0 Å². The van der Waals surface area contributed by atoms with Crippen molar-refractivity contribution in [3.63, 3.8) is 0 Å². The number of ketones is 2.